The summed E-state index contributed by atoms with van der Waals surface area (Å²) in [5.74, 6) is -0.128. The number of nitrogen functional groups attached to an aromatic ring is 1. The van der Waals surface area contributed by atoms with Crippen molar-refractivity contribution >= 4 is 33.0 Å². The van der Waals surface area contributed by atoms with Crippen molar-refractivity contribution in [2.75, 3.05) is 5.73 Å². The van der Waals surface area contributed by atoms with Gasteiger partial charge in [0.15, 0.2) is 0 Å². The maximum Gasteiger partial charge on any atom is 0.223 e. The van der Waals surface area contributed by atoms with Gasteiger partial charge >= 0.3 is 0 Å². The zero-order valence-corrected chi connectivity index (χ0v) is 12.1. The third kappa shape index (κ3) is 1.93. The Morgan fingerprint density at radius 1 is 1.29 bits per heavy atom. The SMILES string of the molecule is Nc1c(C(=O)c2ccccn2)sc2nc3c(cc12)CCC3. The van der Waals surface area contributed by atoms with Crippen LogP contribution < -0.4 is 5.73 Å². The summed E-state index contributed by atoms with van der Waals surface area (Å²) in [6.45, 7) is 0. The number of rotatable bonds is 2. The van der Waals surface area contributed by atoms with Crippen LogP contribution in [0.15, 0.2) is 30.5 Å². The molecule has 0 fully saturated rings. The van der Waals surface area contributed by atoms with Gasteiger partial charge in [0.25, 0.3) is 0 Å². The molecule has 5 heteroatoms. The quantitative estimate of drug-likeness (QED) is 0.738. The van der Waals surface area contributed by atoms with Crippen molar-refractivity contribution in [2.45, 2.75) is 19.3 Å². The molecule has 4 nitrogen and oxygen atoms in total. The van der Waals surface area contributed by atoms with E-state index < -0.39 is 0 Å². The molecule has 3 aromatic heterocycles. The number of fused-ring (bicyclic) bond motifs is 2. The van der Waals surface area contributed by atoms with E-state index in [0.29, 0.717) is 16.3 Å². The zero-order valence-electron chi connectivity index (χ0n) is 11.3. The fourth-order valence-corrected chi connectivity index (χ4v) is 3.83. The van der Waals surface area contributed by atoms with Gasteiger partial charge in [-0.05, 0) is 43.0 Å². The van der Waals surface area contributed by atoms with Crippen molar-refractivity contribution in [3.8, 4) is 0 Å². The van der Waals surface area contributed by atoms with E-state index in [9.17, 15) is 4.79 Å². The summed E-state index contributed by atoms with van der Waals surface area (Å²) in [7, 11) is 0. The van der Waals surface area contributed by atoms with Gasteiger partial charge in [-0.1, -0.05) is 6.07 Å². The number of hydrogen-bond donors (Lipinski definition) is 1. The Hall–Kier alpha value is -2.27. The summed E-state index contributed by atoms with van der Waals surface area (Å²) in [5.41, 5.74) is 9.57. The Morgan fingerprint density at radius 3 is 3.00 bits per heavy atom. The molecule has 0 atom stereocenters. The lowest BCUT2D eigenvalue weighted by Gasteiger charge is -1.99. The van der Waals surface area contributed by atoms with Crippen molar-refractivity contribution in [3.05, 3.63) is 52.3 Å². The van der Waals surface area contributed by atoms with Crippen LogP contribution in [0.3, 0.4) is 0 Å². The summed E-state index contributed by atoms with van der Waals surface area (Å²) in [4.78, 5) is 22.7. The Labute approximate surface area is 125 Å². The topological polar surface area (TPSA) is 68.9 Å². The first-order chi connectivity index (χ1) is 10.2. The van der Waals surface area contributed by atoms with E-state index in [2.05, 4.69) is 16.0 Å². The number of anilines is 1. The minimum Gasteiger partial charge on any atom is -0.397 e. The summed E-state index contributed by atoms with van der Waals surface area (Å²) in [6, 6.07) is 7.40. The normalized spacial score (nSPS) is 13.5. The van der Waals surface area contributed by atoms with Gasteiger partial charge in [-0.3, -0.25) is 9.78 Å². The molecule has 0 amide bonds. The minimum atomic E-state index is -0.128. The summed E-state index contributed by atoms with van der Waals surface area (Å²) in [6.07, 6.45) is 4.84. The molecule has 0 aliphatic heterocycles. The standard InChI is InChI=1S/C16H13N3OS/c17-13-10-8-9-4-3-6-11(9)19-16(10)21-15(13)14(20)12-5-1-2-7-18-12/h1-2,5,7-8H,3-4,6,17H2. The molecule has 2 N–H and O–H groups in total. The molecular weight excluding hydrogens is 282 g/mol. The Kier molecular flexibility index (Phi) is 2.75. The Morgan fingerprint density at radius 2 is 2.19 bits per heavy atom. The van der Waals surface area contributed by atoms with Crippen LogP contribution >= 0.6 is 11.3 Å². The fourth-order valence-electron chi connectivity index (χ4n) is 2.78. The first-order valence-corrected chi connectivity index (χ1v) is 7.72. The number of carbonyl (C=O) groups is 1. The summed E-state index contributed by atoms with van der Waals surface area (Å²) >= 11 is 1.37. The highest BCUT2D eigenvalue weighted by atomic mass is 32.1. The third-order valence-corrected chi connectivity index (χ3v) is 4.97. The van der Waals surface area contributed by atoms with E-state index in [4.69, 9.17) is 5.73 Å². The number of aryl methyl sites for hydroxylation is 2. The number of hydrogen-bond acceptors (Lipinski definition) is 5. The number of aromatic nitrogens is 2. The van der Waals surface area contributed by atoms with Crippen molar-refractivity contribution in [3.63, 3.8) is 0 Å². The van der Waals surface area contributed by atoms with Crippen LogP contribution in [-0.2, 0) is 12.8 Å². The van der Waals surface area contributed by atoms with Gasteiger partial charge in [0.2, 0.25) is 5.78 Å². The number of thiophene rings is 1. The predicted octanol–water partition coefficient (Wildman–Crippen LogP) is 2.99. The molecule has 3 aromatic rings. The fraction of sp³-hybridized carbons (Fsp3) is 0.188. The van der Waals surface area contributed by atoms with Crippen molar-refractivity contribution in [2.24, 2.45) is 0 Å². The van der Waals surface area contributed by atoms with E-state index in [0.717, 1.165) is 35.2 Å². The Balaban J connectivity index is 1.87. The maximum absolute atomic E-state index is 12.5. The zero-order chi connectivity index (χ0) is 14.4. The van der Waals surface area contributed by atoms with Gasteiger partial charge in [0.1, 0.15) is 15.4 Å². The molecule has 0 spiro atoms. The van der Waals surface area contributed by atoms with Gasteiger partial charge in [-0.25, -0.2) is 4.98 Å². The molecule has 0 radical (unpaired) electrons. The number of pyridine rings is 2. The highest BCUT2D eigenvalue weighted by Gasteiger charge is 2.22. The molecule has 3 heterocycles. The average Bonchev–Trinajstić information content (AvgIpc) is 3.10. The van der Waals surface area contributed by atoms with Gasteiger partial charge in [-0.2, -0.15) is 0 Å². The lowest BCUT2D eigenvalue weighted by Crippen LogP contribution is -2.03. The number of carbonyl (C=O) groups excluding carboxylic acids is 1. The van der Waals surface area contributed by atoms with E-state index in [1.807, 2.05) is 0 Å². The average molecular weight is 295 g/mol. The highest BCUT2D eigenvalue weighted by Crippen LogP contribution is 2.36. The van der Waals surface area contributed by atoms with Crippen LogP contribution in [0.4, 0.5) is 5.69 Å². The van der Waals surface area contributed by atoms with Crippen LogP contribution in [0.2, 0.25) is 0 Å². The van der Waals surface area contributed by atoms with Crippen LogP contribution in [0, 0.1) is 0 Å². The van der Waals surface area contributed by atoms with E-state index in [1.54, 1.807) is 24.4 Å². The second-order valence-corrected chi connectivity index (χ2v) is 6.19. The van der Waals surface area contributed by atoms with E-state index >= 15 is 0 Å². The second kappa shape index (κ2) is 4.63. The molecule has 0 saturated heterocycles. The largest absolute Gasteiger partial charge is 0.397 e. The summed E-state index contributed by atoms with van der Waals surface area (Å²) in [5, 5.41) is 0.903. The molecule has 1 aliphatic rings. The predicted molar refractivity (Wildman–Crippen MR) is 83.7 cm³/mol. The molecule has 4 rings (SSSR count). The van der Waals surface area contributed by atoms with Gasteiger partial charge in [-0.15, -0.1) is 11.3 Å². The van der Waals surface area contributed by atoms with Crippen LogP contribution in [0.1, 0.15) is 33.0 Å². The maximum atomic E-state index is 12.5. The van der Waals surface area contributed by atoms with Crippen LogP contribution in [-0.4, -0.2) is 15.8 Å². The molecule has 0 unspecified atom stereocenters. The Bertz CT molecular complexity index is 855. The monoisotopic (exact) mass is 295 g/mol. The molecule has 104 valence electrons. The molecule has 21 heavy (non-hydrogen) atoms. The van der Waals surface area contributed by atoms with Gasteiger partial charge in [0.05, 0.1) is 5.69 Å². The first kappa shape index (κ1) is 12.5. The first-order valence-electron chi connectivity index (χ1n) is 6.90. The lowest BCUT2D eigenvalue weighted by molar-refractivity contribution is 0.103. The molecule has 0 aromatic carbocycles. The second-order valence-electron chi connectivity index (χ2n) is 5.19. The number of ketones is 1. The van der Waals surface area contributed by atoms with Crippen molar-refractivity contribution in [1.29, 1.82) is 0 Å². The van der Waals surface area contributed by atoms with Gasteiger partial charge < -0.3 is 5.73 Å². The van der Waals surface area contributed by atoms with Crippen molar-refractivity contribution in [1.82, 2.24) is 9.97 Å². The van der Waals surface area contributed by atoms with Gasteiger partial charge in [0, 0.05) is 17.3 Å². The van der Waals surface area contributed by atoms with E-state index in [1.165, 1.54) is 16.9 Å². The minimum absolute atomic E-state index is 0.128. The number of nitrogens with two attached hydrogens (primary N) is 1. The summed E-state index contributed by atoms with van der Waals surface area (Å²) < 4.78 is 0. The molecule has 1 aliphatic carbocycles. The molecule has 0 bridgehead atoms. The molecular formula is C16H13N3OS. The smallest absolute Gasteiger partial charge is 0.223 e. The van der Waals surface area contributed by atoms with Crippen LogP contribution in [0.25, 0.3) is 10.2 Å². The highest BCUT2D eigenvalue weighted by molar-refractivity contribution is 7.21. The molecule has 0 saturated carbocycles. The van der Waals surface area contributed by atoms with Crippen LogP contribution in [0.5, 0.6) is 0 Å². The number of nitrogens with zero attached hydrogens (tertiary/aromatic N) is 2. The van der Waals surface area contributed by atoms with Crippen molar-refractivity contribution < 1.29 is 4.79 Å². The lowest BCUT2D eigenvalue weighted by atomic mass is 10.1. The van der Waals surface area contributed by atoms with E-state index in [-0.39, 0.29) is 5.78 Å². The third-order valence-electron chi connectivity index (χ3n) is 3.85.